The quantitative estimate of drug-likeness (QED) is 0.891. The van der Waals surface area contributed by atoms with Gasteiger partial charge in [0.05, 0.1) is 11.9 Å². The van der Waals surface area contributed by atoms with Crippen LogP contribution in [0.2, 0.25) is 5.15 Å². The molecule has 0 bridgehead atoms. The number of nitrogens with zero attached hydrogens (tertiary/aromatic N) is 5. The minimum Gasteiger partial charge on any atom is -0.381 e. The van der Waals surface area contributed by atoms with Crippen molar-refractivity contribution >= 4 is 17.4 Å². The maximum Gasteiger partial charge on any atom is 0.169 e. The summed E-state index contributed by atoms with van der Waals surface area (Å²) in [6, 6.07) is 0. The van der Waals surface area contributed by atoms with E-state index in [1.54, 1.807) is 10.9 Å². The topological polar surface area (TPSA) is 74.6 Å². The first-order valence-corrected chi connectivity index (χ1v) is 5.85. The van der Waals surface area contributed by atoms with Gasteiger partial charge >= 0.3 is 0 Å². The first kappa shape index (κ1) is 11.9. The van der Waals surface area contributed by atoms with E-state index in [1.807, 2.05) is 11.6 Å². The summed E-state index contributed by atoms with van der Waals surface area (Å²) in [4.78, 5) is 4.22. The molecule has 0 aliphatic heterocycles. The maximum atomic E-state index is 5.93. The normalized spacial score (nSPS) is 11.0. The molecule has 7 heteroatoms. The van der Waals surface area contributed by atoms with Crippen LogP contribution in [0.15, 0.2) is 6.20 Å². The second-order valence-electron chi connectivity index (χ2n) is 3.89. The fourth-order valence-corrected chi connectivity index (χ4v) is 1.82. The average molecular weight is 255 g/mol. The molecule has 0 spiro atoms. The predicted molar refractivity (Wildman–Crippen MR) is 65.7 cm³/mol. The number of halogens is 1. The Morgan fingerprint density at radius 1 is 1.47 bits per heavy atom. The molecule has 92 valence electrons. The third-order valence-electron chi connectivity index (χ3n) is 2.67. The van der Waals surface area contributed by atoms with Crippen molar-refractivity contribution in [1.29, 1.82) is 0 Å². The fourth-order valence-electron chi connectivity index (χ4n) is 1.67. The lowest BCUT2D eigenvalue weighted by atomic mass is 10.2. The van der Waals surface area contributed by atoms with Gasteiger partial charge in [-0.1, -0.05) is 30.2 Å². The van der Waals surface area contributed by atoms with E-state index in [1.165, 1.54) is 0 Å². The Bertz CT molecular complexity index is 515. The Kier molecular flexibility index (Phi) is 3.33. The second kappa shape index (κ2) is 4.75. The Labute approximate surface area is 104 Å². The molecule has 2 rings (SSSR count). The number of anilines is 1. The van der Waals surface area contributed by atoms with Crippen molar-refractivity contribution in [3.63, 3.8) is 0 Å². The zero-order valence-electron chi connectivity index (χ0n) is 9.89. The molecule has 0 aliphatic carbocycles. The third-order valence-corrected chi connectivity index (χ3v) is 3.02. The minimum atomic E-state index is 0.493. The van der Waals surface area contributed by atoms with Crippen LogP contribution < -0.4 is 5.73 Å². The van der Waals surface area contributed by atoms with Crippen LogP contribution in [0.3, 0.4) is 0 Å². The maximum absolute atomic E-state index is 5.93. The summed E-state index contributed by atoms with van der Waals surface area (Å²) in [6.07, 6.45) is 3.48. The van der Waals surface area contributed by atoms with Gasteiger partial charge in [-0.25, -0.2) is 9.67 Å². The zero-order valence-corrected chi connectivity index (χ0v) is 10.6. The summed E-state index contributed by atoms with van der Waals surface area (Å²) in [5, 5.41) is 8.52. The van der Waals surface area contributed by atoms with Crippen molar-refractivity contribution < 1.29 is 0 Å². The summed E-state index contributed by atoms with van der Waals surface area (Å²) in [6.45, 7) is 2.62. The predicted octanol–water partition coefficient (Wildman–Crippen LogP) is 1.25. The Morgan fingerprint density at radius 2 is 2.24 bits per heavy atom. The smallest absolute Gasteiger partial charge is 0.169 e. The molecule has 6 nitrogen and oxygen atoms in total. The standard InChI is InChI=1S/C10H15ClN6/c1-3-4-7-10(12)14-15-17(7)6-9-13-5-8(11)16(9)2/h5H,3-4,6,12H2,1-2H3. The lowest BCUT2D eigenvalue weighted by molar-refractivity contribution is 0.580. The van der Waals surface area contributed by atoms with E-state index in [4.69, 9.17) is 17.3 Å². The van der Waals surface area contributed by atoms with Gasteiger partial charge in [-0.3, -0.25) is 0 Å². The van der Waals surface area contributed by atoms with E-state index >= 15 is 0 Å². The van der Waals surface area contributed by atoms with Crippen LogP contribution in [0.25, 0.3) is 0 Å². The molecule has 2 aromatic heterocycles. The zero-order chi connectivity index (χ0) is 12.4. The van der Waals surface area contributed by atoms with Crippen LogP contribution in [0.1, 0.15) is 24.9 Å². The molecule has 0 aliphatic rings. The van der Waals surface area contributed by atoms with Crippen LogP contribution >= 0.6 is 11.6 Å². The molecule has 0 amide bonds. The van der Waals surface area contributed by atoms with E-state index < -0.39 is 0 Å². The van der Waals surface area contributed by atoms with Crippen LogP contribution in [-0.4, -0.2) is 24.5 Å². The molecule has 0 saturated heterocycles. The second-order valence-corrected chi connectivity index (χ2v) is 4.27. The molecule has 0 atom stereocenters. The number of hydrogen-bond acceptors (Lipinski definition) is 4. The van der Waals surface area contributed by atoms with E-state index in [9.17, 15) is 0 Å². The molecule has 0 aromatic carbocycles. The van der Waals surface area contributed by atoms with Gasteiger partial charge in [0.15, 0.2) is 5.82 Å². The lowest BCUT2D eigenvalue weighted by Gasteiger charge is -2.06. The number of hydrogen-bond donors (Lipinski definition) is 1. The van der Waals surface area contributed by atoms with Gasteiger partial charge in [0.25, 0.3) is 0 Å². The van der Waals surface area contributed by atoms with Crippen molar-refractivity contribution in [2.24, 2.45) is 7.05 Å². The highest BCUT2D eigenvalue weighted by molar-refractivity contribution is 6.29. The fraction of sp³-hybridized carbons (Fsp3) is 0.500. The average Bonchev–Trinajstić information content (AvgIpc) is 2.80. The number of nitrogen functional groups attached to an aromatic ring is 1. The van der Waals surface area contributed by atoms with Gasteiger partial charge in [-0.2, -0.15) is 0 Å². The van der Waals surface area contributed by atoms with Crippen LogP contribution in [0.4, 0.5) is 5.82 Å². The third kappa shape index (κ3) is 2.26. The number of nitrogens with two attached hydrogens (primary N) is 1. The Balaban J connectivity index is 2.27. The van der Waals surface area contributed by atoms with Crippen molar-refractivity contribution in [2.45, 2.75) is 26.3 Å². The van der Waals surface area contributed by atoms with Gasteiger partial charge in [0.2, 0.25) is 0 Å². The summed E-state index contributed by atoms with van der Waals surface area (Å²) in [5.74, 6) is 1.32. The van der Waals surface area contributed by atoms with Gasteiger partial charge in [0.1, 0.15) is 17.5 Å². The molecule has 0 radical (unpaired) electrons. The highest BCUT2D eigenvalue weighted by atomic mass is 35.5. The summed E-state index contributed by atoms with van der Waals surface area (Å²) < 4.78 is 3.59. The molecule has 0 unspecified atom stereocenters. The van der Waals surface area contributed by atoms with E-state index in [-0.39, 0.29) is 0 Å². The van der Waals surface area contributed by atoms with Crippen molar-refractivity contribution in [3.8, 4) is 0 Å². The Morgan fingerprint density at radius 3 is 2.82 bits per heavy atom. The summed E-state index contributed by atoms with van der Waals surface area (Å²) in [5.41, 5.74) is 6.73. The highest BCUT2D eigenvalue weighted by Crippen LogP contribution is 2.14. The monoisotopic (exact) mass is 254 g/mol. The molecule has 0 fully saturated rings. The van der Waals surface area contributed by atoms with Crippen LogP contribution in [0, 0.1) is 0 Å². The van der Waals surface area contributed by atoms with Crippen LogP contribution in [0.5, 0.6) is 0 Å². The van der Waals surface area contributed by atoms with Gasteiger partial charge < -0.3 is 10.3 Å². The number of imidazole rings is 1. The highest BCUT2D eigenvalue weighted by Gasteiger charge is 2.12. The van der Waals surface area contributed by atoms with E-state index in [2.05, 4.69) is 22.2 Å². The van der Waals surface area contributed by atoms with Crippen LogP contribution in [-0.2, 0) is 20.0 Å². The molecule has 2 aromatic rings. The number of aromatic nitrogens is 5. The lowest BCUT2D eigenvalue weighted by Crippen LogP contribution is -2.11. The van der Waals surface area contributed by atoms with Crippen molar-refractivity contribution in [2.75, 3.05) is 5.73 Å². The van der Waals surface area contributed by atoms with Crippen molar-refractivity contribution in [3.05, 3.63) is 22.9 Å². The molecular formula is C10H15ClN6. The summed E-state index contributed by atoms with van der Waals surface area (Å²) in [7, 11) is 1.87. The molecule has 17 heavy (non-hydrogen) atoms. The molecule has 2 N–H and O–H groups in total. The van der Waals surface area contributed by atoms with Gasteiger partial charge in [-0.05, 0) is 6.42 Å². The summed E-state index contributed by atoms with van der Waals surface area (Å²) >= 11 is 5.93. The largest absolute Gasteiger partial charge is 0.381 e. The SMILES string of the molecule is CCCc1c(N)nnn1Cc1ncc(Cl)n1C. The Hall–Kier alpha value is -1.56. The van der Waals surface area contributed by atoms with E-state index in [0.29, 0.717) is 17.5 Å². The van der Waals surface area contributed by atoms with Gasteiger partial charge in [0, 0.05) is 7.05 Å². The minimum absolute atomic E-state index is 0.493. The molecule has 2 heterocycles. The molecular weight excluding hydrogens is 240 g/mol. The van der Waals surface area contributed by atoms with Crippen molar-refractivity contribution in [1.82, 2.24) is 24.5 Å². The number of rotatable bonds is 4. The van der Waals surface area contributed by atoms with E-state index in [0.717, 1.165) is 24.4 Å². The first-order chi connectivity index (χ1) is 8.13. The molecule has 0 saturated carbocycles. The first-order valence-electron chi connectivity index (χ1n) is 5.47. The van der Waals surface area contributed by atoms with Gasteiger partial charge in [-0.15, -0.1) is 5.10 Å².